The van der Waals surface area contributed by atoms with Gasteiger partial charge in [0.05, 0.1) is 11.3 Å². The third-order valence-electron chi connectivity index (χ3n) is 5.32. The van der Waals surface area contributed by atoms with Crippen LogP contribution in [0.3, 0.4) is 0 Å². The van der Waals surface area contributed by atoms with E-state index in [0.717, 1.165) is 5.56 Å². The standard InChI is InChI=1S/C26H22FN3O4S/c27-19-8-12-21(13-9-19)29-26-30(15-14-17-4-2-1-3-5-17)24(32)22(35-26)16-23(31)28-20-10-6-18(7-11-20)25(33)34/h1-13,22H,14-16H2,(H,28,31)(H,33,34). The molecular formula is C26H22FN3O4S. The zero-order valence-corrected chi connectivity index (χ0v) is 19.4. The first-order valence-corrected chi connectivity index (χ1v) is 11.8. The average molecular weight is 492 g/mol. The fourth-order valence-corrected chi connectivity index (χ4v) is 4.70. The third-order valence-corrected chi connectivity index (χ3v) is 6.50. The Bertz CT molecular complexity index is 1250. The third kappa shape index (κ3) is 6.33. The van der Waals surface area contributed by atoms with Gasteiger partial charge in [-0.25, -0.2) is 14.2 Å². The highest BCUT2D eigenvalue weighted by Gasteiger charge is 2.39. The lowest BCUT2D eigenvalue weighted by atomic mass is 10.1. The van der Waals surface area contributed by atoms with Crippen molar-refractivity contribution >= 4 is 46.1 Å². The number of halogens is 1. The van der Waals surface area contributed by atoms with Crippen molar-refractivity contribution in [2.75, 3.05) is 11.9 Å². The molecule has 0 saturated carbocycles. The molecule has 35 heavy (non-hydrogen) atoms. The van der Waals surface area contributed by atoms with Crippen molar-refractivity contribution in [3.05, 3.63) is 95.8 Å². The molecule has 1 heterocycles. The number of rotatable bonds is 8. The SMILES string of the molecule is O=C(CC1SC(=Nc2ccc(F)cc2)N(CCc2ccccc2)C1=O)Nc1ccc(C(=O)O)cc1. The van der Waals surface area contributed by atoms with E-state index >= 15 is 0 Å². The Morgan fingerprint density at radius 3 is 2.34 bits per heavy atom. The van der Waals surface area contributed by atoms with Gasteiger partial charge in [-0.1, -0.05) is 42.1 Å². The van der Waals surface area contributed by atoms with E-state index in [0.29, 0.717) is 29.5 Å². The highest BCUT2D eigenvalue weighted by molar-refractivity contribution is 8.15. The molecule has 2 N–H and O–H groups in total. The van der Waals surface area contributed by atoms with Crippen molar-refractivity contribution in [1.82, 2.24) is 4.90 Å². The van der Waals surface area contributed by atoms with Gasteiger partial charge in [-0.15, -0.1) is 0 Å². The summed E-state index contributed by atoms with van der Waals surface area (Å²) in [5, 5.41) is 11.5. The minimum absolute atomic E-state index is 0.0749. The van der Waals surface area contributed by atoms with E-state index in [1.54, 1.807) is 4.90 Å². The van der Waals surface area contributed by atoms with E-state index in [1.807, 2.05) is 30.3 Å². The van der Waals surface area contributed by atoms with Gasteiger partial charge in [0.2, 0.25) is 11.8 Å². The molecule has 2 amide bonds. The van der Waals surface area contributed by atoms with Crippen LogP contribution in [-0.4, -0.2) is 44.8 Å². The van der Waals surface area contributed by atoms with Crippen LogP contribution in [0.15, 0.2) is 83.9 Å². The summed E-state index contributed by atoms with van der Waals surface area (Å²) in [6, 6.07) is 21.2. The Kier molecular flexibility index (Phi) is 7.57. The van der Waals surface area contributed by atoms with Crippen LogP contribution in [-0.2, 0) is 16.0 Å². The molecular weight excluding hydrogens is 469 g/mol. The smallest absolute Gasteiger partial charge is 0.335 e. The number of anilines is 1. The molecule has 9 heteroatoms. The number of nitrogens with zero attached hydrogens (tertiary/aromatic N) is 2. The van der Waals surface area contributed by atoms with E-state index in [2.05, 4.69) is 10.3 Å². The second-order valence-corrected chi connectivity index (χ2v) is 9.01. The number of hydrogen-bond donors (Lipinski definition) is 2. The first-order chi connectivity index (χ1) is 16.9. The van der Waals surface area contributed by atoms with E-state index in [-0.39, 0.29) is 29.6 Å². The van der Waals surface area contributed by atoms with Gasteiger partial charge in [0, 0.05) is 18.7 Å². The summed E-state index contributed by atoms with van der Waals surface area (Å²) in [6.45, 7) is 0.393. The number of aromatic carboxylic acids is 1. The van der Waals surface area contributed by atoms with Crippen molar-refractivity contribution in [3.63, 3.8) is 0 Å². The first kappa shape index (κ1) is 24.2. The Balaban J connectivity index is 1.47. The summed E-state index contributed by atoms with van der Waals surface area (Å²) in [5.74, 6) is -2.02. The monoisotopic (exact) mass is 491 g/mol. The maximum Gasteiger partial charge on any atom is 0.335 e. The van der Waals surface area contributed by atoms with Crippen LogP contribution in [0, 0.1) is 5.82 Å². The van der Waals surface area contributed by atoms with Crippen LogP contribution in [0.2, 0.25) is 0 Å². The molecule has 3 aromatic rings. The molecule has 7 nitrogen and oxygen atoms in total. The van der Waals surface area contributed by atoms with Crippen LogP contribution in [0.5, 0.6) is 0 Å². The molecule has 178 valence electrons. The molecule has 0 bridgehead atoms. The van der Waals surface area contributed by atoms with Gasteiger partial charge in [0.25, 0.3) is 0 Å². The number of benzene rings is 3. The Morgan fingerprint density at radius 1 is 1.00 bits per heavy atom. The largest absolute Gasteiger partial charge is 0.478 e. The maximum absolute atomic E-state index is 13.3. The fraction of sp³-hybridized carbons (Fsp3) is 0.154. The lowest BCUT2D eigenvalue weighted by Gasteiger charge is -2.16. The maximum atomic E-state index is 13.3. The van der Waals surface area contributed by atoms with Gasteiger partial charge in [0.15, 0.2) is 5.17 Å². The highest BCUT2D eigenvalue weighted by atomic mass is 32.2. The molecule has 1 fully saturated rings. The quantitative estimate of drug-likeness (QED) is 0.475. The van der Waals surface area contributed by atoms with Crippen LogP contribution >= 0.6 is 11.8 Å². The van der Waals surface area contributed by atoms with E-state index < -0.39 is 11.2 Å². The Hall–Kier alpha value is -3.98. The summed E-state index contributed by atoms with van der Waals surface area (Å²) >= 11 is 1.20. The van der Waals surface area contributed by atoms with Gasteiger partial charge in [-0.3, -0.25) is 14.5 Å². The van der Waals surface area contributed by atoms with Crippen molar-refractivity contribution in [2.45, 2.75) is 18.1 Å². The van der Waals surface area contributed by atoms with Crippen LogP contribution in [0.25, 0.3) is 0 Å². The zero-order valence-electron chi connectivity index (χ0n) is 18.6. The molecule has 0 aromatic heterocycles. The summed E-state index contributed by atoms with van der Waals surface area (Å²) in [4.78, 5) is 42.9. The summed E-state index contributed by atoms with van der Waals surface area (Å²) in [7, 11) is 0. The van der Waals surface area contributed by atoms with E-state index in [1.165, 1.54) is 60.3 Å². The van der Waals surface area contributed by atoms with Crippen molar-refractivity contribution in [2.24, 2.45) is 4.99 Å². The Morgan fingerprint density at radius 2 is 1.69 bits per heavy atom. The summed E-state index contributed by atoms with van der Waals surface area (Å²) in [6.07, 6.45) is 0.541. The lowest BCUT2D eigenvalue weighted by Crippen LogP contribution is -2.35. The summed E-state index contributed by atoms with van der Waals surface area (Å²) in [5.41, 5.74) is 2.13. The average Bonchev–Trinajstić information content (AvgIpc) is 3.13. The minimum Gasteiger partial charge on any atom is -0.478 e. The Labute approximate surface area is 205 Å². The number of carboxylic acids is 1. The number of amides is 2. The molecule has 0 spiro atoms. The molecule has 0 aliphatic carbocycles. The van der Waals surface area contributed by atoms with Gasteiger partial charge in [-0.2, -0.15) is 0 Å². The van der Waals surface area contributed by atoms with E-state index in [9.17, 15) is 18.8 Å². The number of aliphatic imine (C=N–C) groups is 1. The van der Waals surface area contributed by atoms with Crippen molar-refractivity contribution in [3.8, 4) is 0 Å². The van der Waals surface area contributed by atoms with Crippen molar-refractivity contribution < 1.29 is 23.9 Å². The number of hydrogen-bond acceptors (Lipinski definition) is 5. The number of amidine groups is 1. The second kappa shape index (κ2) is 11.0. The molecule has 0 radical (unpaired) electrons. The number of carboxylic acid groups (broad SMARTS) is 1. The normalized spacial score (nSPS) is 16.5. The molecule has 4 rings (SSSR count). The molecule has 1 aliphatic rings. The summed E-state index contributed by atoms with van der Waals surface area (Å²) < 4.78 is 13.3. The van der Waals surface area contributed by atoms with Crippen LogP contribution in [0.4, 0.5) is 15.8 Å². The molecule has 3 aromatic carbocycles. The molecule has 1 unspecified atom stereocenters. The van der Waals surface area contributed by atoms with Gasteiger partial charge < -0.3 is 10.4 Å². The van der Waals surface area contributed by atoms with Crippen molar-refractivity contribution in [1.29, 1.82) is 0 Å². The number of nitrogens with one attached hydrogen (secondary N) is 1. The fourth-order valence-electron chi connectivity index (χ4n) is 3.52. The van der Waals surface area contributed by atoms with Gasteiger partial charge >= 0.3 is 5.97 Å². The van der Waals surface area contributed by atoms with Crippen LogP contribution in [0.1, 0.15) is 22.3 Å². The minimum atomic E-state index is -1.06. The van der Waals surface area contributed by atoms with Crippen LogP contribution < -0.4 is 5.32 Å². The first-order valence-electron chi connectivity index (χ1n) is 10.9. The highest BCUT2D eigenvalue weighted by Crippen LogP contribution is 2.32. The predicted octanol–water partition coefficient (Wildman–Crippen LogP) is 4.73. The number of carbonyl (C=O) groups excluding carboxylic acids is 2. The molecule has 1 atom stereocenters. The number of thioether (sulfide) groups is 1. The zero-order chi connectivity index (χ0) is 24.8. The molecule has 1 aliphatic heterocycles. The predicted molar refractivity (Wildman–Crippen MR) is 133 cm³/mol. The van der Waals surface area contributed by atoms with Gasteiger partial charge in [0.1, 0.15) is 11.1 Å². The topological polar surface area (TPSA) is 99.1 Å². The van der Waals surface area contributed by atoms with E-state index in [4.69, 9.17) is 5.11 Å². The second-order valence-electron chi connectivity index (χ2n) is 7.84. The van der Waals surface area contributed by atoms with Gasteiger partial charge in [-0.05, 0) is 60.5 Å². The molecule has 1 saturated heterocycles. The lowest BCUT2D eigenvalue weighted by molar-refractivity contribution is -0.128. The number of carbonyl (C=O) groups is 3.